The Labute approximate surface area is 82.3 Å². The van der Waals surface area contributed by atoms with Gasteiger partial charge in [-0.1, -0.05) is 34.6 Å². The van der Waals surface area contributed by atoms with E-state index in [-0.39, 0.29) is 23.3 Å². The topological polar surface area (TPSA) is 20.3 Å². The van der Waals surface area contributed by atoms with E-state index in [2.05, 4.69) is 27.7 Å². The van der Waals surface area contributed by atoms with E-state index in [1.165, 1.54) is 0 Å². The van der Waals surface area contributed by atoms with Gasteiger partial charge in [-0.15, -0.1) is 0 Å². The maximum Gasteiger partial charge on any atom is 0.225 e. The molecule has 0 saturated heterocycles. The van der Waals surface area contributed by atoms with E-state index in [0.29, 0.717) is 0 Å². The average molecular weight is 185 g/mol. The summed E-state index contributed by atoms with van der Waals surface area (Å²) in [5.41, 5.74) is 0.152. The largest absolute Gasteiger partial charge is 0.342 e. The van der Waals surface area contributed by atoms with Crippen LogP contribution >= 0.6 is 0 Å². The van der Waals surface area contributed by atoms with E-state index < -0.39 is 0 Å². The first-order valence-corrected chi connectivity index (χ1v) is 4.94. The zero-order valence-electron chi connectivity index (χ0n) is 10.0. The predicted molar refractivity (Wildman–Crippen MR) is 56.5 cm³/mol. The number of carbonyl (C=O) groups is 1. The van der Waals surface area contributed by atoms with Gasteiger partial charge < -0.3 is 4.90 Å². The zero-order chi connectivity index (χ0) is 10.8. The second kappa shape index (κ2) is 4.12. The number of nitrogens with zero attached hydrogens (tertiary/aromatic N) is 1. The van der Waals surface area contributed by atoms with E-state index in [9.17, 15) is 4.79 Å². The maximum absolute atomic E-state index is 11.7. The number of rotatable bonds is 2. The monoisotopic (exact) mass is 185 g/mol. The van der Waals surface area contributed by atoms with Gasteiger partial charge in [0.15, 0.2) is 0 Å². The van der Waals surface area contributed by atoms with Gasteiger partial charge in [0, 0.05) is 19.0 Å². The van der Waals surface area contributed by atoms with Crippen molar-refractivity contribution in [2.75, 3.05) is 7.05 Å². The van der Waals surface area contributed by atoms with Crippen LogP contribution in [-0.4, -0.2) is 23.9 Å². The summed E-state index contributed by atoms with van der Waals surface area (Å²) in [5, 5.41) is 0. The van der Waals surface area contributed by atoms with Crippen LogP contribution in [0.25, 0.3) is 0 Å². The molecule has 0 aliphatic rings. The Kier molecular flexibility index (Phi) is 3.95. The van der Waals surface area contributed by atoms with E-state index in [0.717, 1.165) is 0 Å². The lowest BCUT2D eigenvalue weighted by atomic mass is 9.87. The first-order chi connectivity index (χ1) is 5.68. The number of hydrogen-bond acceptors (Lipinski definition) is 1. The second-order valence-electron chi connectivity index (χ2n) is 5.15. The molecule has 0 spiro atoms. The molecule has 0 bridgehead atoms. The SMILES string of the molecule is CC(C)C(=O)N(C)[C@@H](C)C(C)(C)C. The van der Waals surface area contributed by atoms with Gasteiger partial charge in [-0.3, -0.25) is 4.79 Å². The van der Waals surface area contributed by atoms with Crippen molar-refractivity contribution in [2.24, 2.45) is 11.3 Å². The van der Waals surface area contributed by atoms with Crippen LogP contribution < -0.4 is 0 Å². The van der Waals surface area contributed by atoms with Crippen molar-refractivity contribution in [3.8, 4) is 0 Å². The Bertz CT molecular complexity index is 179. The molecule has 0 aromatic heterocycles. The van der Waals surface area contributed by atoms with Gasteiger partial charge in [0.05, 0.1) is 0 Å². The van der Waals surface area contributed by atoms with E-state index in [4.69, 9.17) is 0 Å². The third-order valence-corrected chi connectivity index (χ3v) is 2.68. The van der Waals surface area contributed by atoms with Gasteiger partial charge in [-0.05, 0) is 12.3 Å². The molecule has 0 aliphatic carbocycles. The van der Waals surface area contributed by atoms with Gasteiger partial charge in [0.2, 0.25) is 5.91 Å². The highest BCUT2D eigenvalue weighted by Gasteiger charge is 2.27. The molecule has 0 rings (SSSR count). The van der Waals surface area contributed by atoms with Gasteiger partial charge in [0.25, 0.3) is 0 Å². The molecule has 0 fully saturated rings. The minimum Gasteiger partial charge on any atom is -0.342 e. The molecule has 0 N–H and O–H groups in total. The number of carbonyl (C=O) groups excluding carboxylic acids is 1. The maximum atomic E-state index is 11.7. The Balaban J connectivity index is 4.43. The van der Waals surface area contributed by atoms with Crippen LogP contribution in [0.5, 0.6) is 0 Å². The highest BCUT2D eigenvalue weighted by atomic mass is 16.2. The number of hydrogen-bond donors (Lipinski definition) is 0. The van der Waals surface area contributed by atoms with Gasteiger partial charge in [0.1, 0.15) is 0 Å². The van der Waals surface area contributed by atoms with Crippen LogP contribution in [0, 0.1) is 11.3 Å². The summed E-state index contributed by atoms with van der Waals surface area (Å²) in [6, 6.07) is 0.280. The third kappa shape index (κ3) is 3.37. The Hall–Kier alpha value is -0.530. The average Bonchev–Trinajstić information content (AvgIpc) is 1.98. The summed E-state index contributed by atoms with van der Waals surface area (Å²) >= 11 is 0. The van der Waals surface area contributed by atoms with Crippen molar-refractivity contribution in [1.82, 2.24) is 4.90 Å². The van der Waals surface area contributed by atoms with Crippen molar-refractivity contribution in [2.45, 2.75) is 47.6 Å². The summed E-state index contributed by atoms with van der Waals surface area (Å²) in [4.78, 5) is 13.5. The highest BCUT2D eigenvalue weighted by Crippen LogP contribution is 2.23. The van der Waals surface area contributed by atoms with Crippen molar-refractivity contribution >= 4 is 5.91 Å². The Morgan fingerprint density at radius 2 is 1.54 bits per heavy atom. The molecule has 0 unspecified atom stereocenters. The Morgan fingerprint density at radius 1 is 1.15 bits per heavy atom. The quantitative estimate of drug-likeness (QED) is 0.647. The molecule has 13 heavy (non-hydrogen) atoms. The van der Waals surface area contributed by atoms with E-state index in [1.54, 1.807) is 0 Å². The van der Waals surface area contributed by atoms with Crippen LogP contribution in [0.3, 0.4) is 0 Å². The molecular weight excluding hydrogens is 162 g/mol. The van der Waals surface area contributed by atoms with Crippen LogP contribution in [0.1, 0.15) is 41.5 Å². The predicted octanol–water partition coefficient (Wildman–Crippen LogP) is 2.54. The molecule has 0 aromatic carbocycles. The molecule has 1 amide bonds. The zero-order valence-corrected chi connectivity index (χ0v) is 10.0. The molecule has 0 heterocycles. The molecule has 0 aliphatic heterocycles. The summed E-state index contributed by atoms with van der Waals surface area (Å²) in [6.07, 6.45) is 0. The molecule has 78 valence electrons. The Morgan fingerprint density at radius 3 is 1.77 bits per heavy atom. The fraction of sp³-hybridized carbons (Fsp3) is 0.909. The first kappa shape index (κ1) is 12.5. The van der Waals surface area contributed by atoms with E-state index >= 15 is 0 Å². The number of amides is 1. The van der Waals surface area contributed by atoms with E-state index in [1.807, 2.05) is 25.8 Å². The normalized spacial score (nSPS) is 14.5. The minimum atomic E-state index is 0.0924. The smallest absolute Gasteiger partial charge is 0.225 e. The van der Waals surface area contributed by atoms with Crippen molar-refractivity contribution in [3.05, 3.63) is 0 Å². The second-order valence-corrected chi connectivity index (χ2v) is 5.15. The van der Waals surface area contributed by atoms with Crippen molar-refractivity contribution in [1.29, 1.82) is 0 Å². The third-order valence-electron chi connectivity index (χ3n) is 2.68. The van der Waals surface area contributed by atoms with Crippen LogP contribution in [0.2, 0.25) is 0 Å². The molecule has 2 nitrogen and oxygen atoms in total. The minimum absolute atomic E-state index is 0.0924. The highest BCUT2D eigenvalue weighted by molar-refractivity contribution is 5.78. The summed E-state index contributed by atoms with van der Waals surface area (Å²) in [5.74, 6) is 0.317. The molecule has 0 aromatic rings. The summed E-state index contributed by atoms with van der Waals surface area (Å²) < 4.78 is 0. The first-order valence-electron chi connectivity index (χ1n) is 4.94. The summed E-state index contributed by atoms with van der Waals surface area (Å²) in [7, 11) is 1.89. The van der Waals surface area contributed by atoms with Gasteiger partial charge in [-0.25, -0.2) is 0 Å². The van der Waals surface area contributed by atoms with Crippen molar-refractivity contribution in [3.63, 3.8) is 0 Å². The van der Waals surface area contributed by atoms with Crippen LogP contribution in [0.4, 0.5) is 0 Å². The van der Waals surface area contributed by atoms with Gasteiger partial charge in [-0.2, -0.15) is 0 Å². The molecule has 0 saturated carbocycles. The molecule has 2 heteroatoms. The molecule has 0 radical (unpaired) electrons. The lowest BCUT2D eigenvalue weighted by molar-refractivity contribution is -0.136. The van der Waals surface area contributed by atoms with Gasteiger partial charge >= 0.3 is 0 Å². The lowest BCUT2D eigenvalue weighted by Crippen LogP contribution is -2.44. The molecule has 1 atom stereocenters. The van der Waals surface area contributed by atoms with Crippen molar-refractivity contribution < 1.29 is 4.79 Å². The standard InChI is InChI=1S/C11H23NO/c1-8(2)10(13)12(7)9(3)11(4,5)6/h8-9H,1-7H3/t9-/m0/s1. The fourth-order valence-electron chi connectivity index (χ4n) is 1.18. The van der Waals surface area contributed by atoms with Crippen LogP contribution in [0.15, 0.2) is 0 Å². The fourth-order valence-corrected chi connectivity index (χ4v) is 1.18. The summed E-state index contributed by atoms with van der Waals surface area (Å²) in [6.45, 7) is 12.4. The molecular formula is C11H23NO. The lowest BCUT2D eigenvalue weighted by Gasteiger charge is -2.36. The van der Waals surface area contributed by atoms with Crippen LogP contribution in [-0.2, 0) is 4.79 Å².